The highest BCUT2D eigenvalue weighted by molar-refractivity contribution is 5.90. The molecule has 1 atom stereocenters. The first kappa shape index (κ1) is 20.3. The molecular weight excluding hydrogens is 408 g/mol. The highest BCUT2D eigenvalue weighted by Crippen LogP contribution is 2.46. The molecule has 1 aliphatic heterocycles. The van der Waals surface area contributed by atoms with E-state index >= 15 is 0 Å². The van der Waals surface area contributed by atoms with Gasteiger partial charge in [-0.1, -0.05) is 19.8 Å². The van der Waals surface area contributed by atoms with Gasteiger partial charge in [0.05, 0.1) is 30.7 Å². The van der Waals surface area contributed by atoms with Gasteiger partial charge in [-0.25, -0.2) is 14.8 Å². The van der Waals surface area contributed by atoms with Crippen LogP contribution in [0.1, 0.15) is 51.8 Å². The van der Waals surface area contributed by atoms with Gasteiger partial charge in [0.2, 0.25) is 0 Å². The first-order valence-corrected chi connectivity index (χ1v) is 10.9. The molecule has 1 aliphatic carbocycles. The van der Waals surface area contributed by atoms with Crippen LogP contribution in [-0.2, 0) is 10.3 Å². The Labute approximate surface area is 186 Å². The SMILES string of the molecule is CC[C@]1(C)c2nncn2-c2cnc(-c3ccncc3NC(=O)OC)nc2N1C1CCCC1. The number of methoxy groups -OCH3 is 1. The molecule has 0 spiro atoms. The number of rotatable bonds is 4. The van der Waals surface area contributed by atoms with E-state index in [2.05, 4.69) is 44.2 Å². The maximum atomic E-state index is 11.8. The summed E-state index contributed by atoms with van der Waals surface area (Å²) >= 11 is 0. The number of carbonyl (C=O) groups is 1. The molecule has 1 saturated carbocycles. The van der Waals surface area contributed by atoms with Crippen LogP contribution in [0.15, 0.2) is 31.0 Å². The molecule has 3 aromatic rings. The topological polar surface area (TPSA) is 111 Å². The van der Waals surface area contributed by atoms with E-state index < -0.39 is 6.09 Å². The van der Waals surface area contributed by atoms with Crippen LogP contribution in [0.4, 0.5) is 16.3 Å². The largest absolute Gasteiger partial charge is 0.453 e. The van der Waals surface area contributed by atoms with Gasteiger partial charge in [0.1, 0.15) is 12.0 Å². The molecule has 10 heteroatoms. The van der Waals surface area contributed by atoms with Crippen molar-refractivity contribution in [2.75, 3.05) is 17.3 Å². The normalized spacial score (nSPS) is 20.0. The van der Waals surface area contributed by atoms with Gasteiger partial charge in [-0.05, 0) is 32.3 Å². The summed E-state index contributed by atoms with van der Waals surface area (Å²) in [7, 11) is 1.32. The molecule has 0 aromatic carbocycles. The summed E-state index contributed by atoms with van der Waals surface area (Å²) in [5, 5.41) is 11.4. The van der Waals surface area contributed by atoms with E-state index in [0.717, 1.165) is 36.6 Å². The second-order valence-electron chi connectivity index (χ2n) is 8.40. The fourth-order valence-electron chi connectivity index (χ4n) is 4.88. The summed E-state index contributed by atoms with van der Waals surface area (Å²) in [5.74, 6) is 2.28. The number of ether oxygens (including phenoxy) is 1. The van der Waals surface area contributed by atoms with Crippen molar-refractivity contribution in [1.82, 2.24) is 29.7 Å². The quantitative estimate of drug-likeness (QED) is 0.662. The van der Waals surface area contributed by atoms with Crippen molar-refractivity contribution < 1.29 is 9.53 Å². The maximum absolute atomic E-state index is 11.8. The lowest BCUT2D eigenvalue weighted by Crippen LogP contribution is -2.53. The molecule has 0 saturated heterocycles. The zero-order valence-electron chi connectivity index (χ0n) is 18.4. The molecule has 1 amide bonds. The highest BCUT2D eigenvalue weighted by atomic mass is 16.5. The fourth-order valence-corrected chi connectivity index (χ4v) is 4.88. The van der Waals surface area contributed by atoms with E-state index in [4.69, 9.17) is 9.72 Å². The Kier molecular flexibility index (Phi) is 4.99. The van der Waals surface area contributed by atoms with Crippen LogP contribution in [0.2, 0.25) is 0 Å². The second kappa shape index (κ2) is 7.85. The van der Waals surface area contributed by atoms with Gasteiger partial charge in [-0.15, -0.1) is 10.2 Å². The van der Waals surface area contributed by atoms with Crippen molar-refractivity contribution in [3.05, 3.63) is 36.8 Å². The number of fused-ring (bicyclic) bond motifs is 3. The number of hydrogen-bond acceptors (Lipinski definition) is 8. The monoisotopic (exact) mass is 434 g/mol. The van der Waals surface area contributed by atoms with Crippen LogP contribution in [0.25, 0.3) is 17.1 Å². The van der Waals surface area contributed by atoms with E-state index in [0.29, 0.717) is 23.1 Å². The van der Waals surface area contributed by atoms with Gasteiger partial charge in [0.25, 0.3) is 0 Å². The summed E-state index contributed by atoms with van der Waals surface area (Å²) in [6.07, 6.45) is 11.7. The van der Waals surface area contributed by atoms with Crippen molar-refractivity contribution in [2.24, 2.45) is 0 Å². The highest BCUT2D eigenvalue weighted by Gasteiger charge is 2.46. The lowest BCUT2D eigenvalue weighted by Gasteiger charge is -2.48. The number of aromatic nitrogens is 6. The second-order valence-corrected chi connectivity index (χ2v) is 8.40. The predicted octanol–water partition coefficient (Wildman–Crippen LogP) is 3.69. The lowest BCUT2D eigenvalue weighted by molar-refractivity contribution is 0.187. The Morgan fingerprint density at radius 3 is 2.88 bits per heavy atom. The number of anilines is 2. The average Bonchev–Trinajstić information content (AvgIpc) is 3.52. The van der Waals surface area contributed by atoms with Gasteiger partial charge in [-0.2, -0.15) is 0 Å². The summed E-state index contributed by atoms with van der Waals surface area (Å²) in [4.78, 5) is 28.1. The van der Waals surface area contributed by atoms with E-state index in [1.165, 1.54) is 20.0 Å². The molecule has 166 valence electrons. The Bertz CT molecular complexity index is 1160. The van der Waals surface area contributed by atoms with Crippen LogP contribution >= 0.6 is 0 Å². The van der Waals surface area contributed by atoms with E-state index in [9.17, 15) is 4.79 Å². The molecule has 32 heavy (non-hydrogen) atoms. The number of pyridine rings is 1. The number of nitrogens with one attached hydrogen (secondary N) is 1. The molecule has 1 N–H and O–H groups in total. The predicted molar refractivity (Wildman–Crippen MR) is 119 cm³/mol. The smallest absolute Gasteiger partial charge is 0.411 e. The third-order valence-corrected chi connectivity index (χ3v) is 6.66. The molecule has 0 unspecified atom stereocenters. The van der Waals surface area contributed by atoms with Crippen LogP contribution in [0, 0.1) is 0 Å². The van der Waals surface area contributed by atoms with Crippen LogP contribution < -0.4 is 10.2 Å². The minimum absolute atomic E-state index is 0.338. The molecule has 3 aromatic heterocycles. The summed E-state index contributed by atoms with van der Waals surface area (Å²) in [6, 6.07) is 2.16. The minimum atomic E-state index is -0.572. The third kappa shape index (κ3) is 3.09. The zero-order valence-corrected chi connectivity index (χ0v) is 18.4. The van der Waals surface area contributed by atoms with E-state index in [-0.39, 0.29) is 5.54 Å². The number of carbonyl (C=O) groups excluding carboxylic acids is 1. The molecule has 2 aliphatic rings. The fraction of sp³-hybridized carbons (Fsp3) is 0.455. The van der Waals surface area contributed by atoms with Gasteiger partial charge in [0.15, 0.2) is 17.5 Å². The molecule has 5 rings (SSSR count). The Hall–Kier alpha value is -3.56. The van der Waals surface area contributed by atoms with Crippen molar-refractivity contribution in [2.45, 2.75) is 57.5 Å². The van der Waals surface area contributed by atoms with Gasteiger partial charge >= 0.3 is 6.09 Å². The third-order valence-electron chi connectivity index (χ3n) is 6.66. The standard InChI is InChI=1S/C22H26N8O2/c1-4-22(2)20-28-25-13-29(20)17-12-24-18(27-19(17)30(22)14-7-5-6-8-14)15-9-10-23-11-16(15)26-21(31)32-3/h9-14H,4-8H2,1-3H3,(H,26,31)/t22-/m1/s1. The van der Waals surface area contributed by atoms with Crippen molar-refractivity contribution >= 4 is 17.6 Å². The molecule has 0 bridgehead atoms. The zero-order chi connectivity index (χ0) is 22.3. The van der Waals surface area contributed by atoms with Crippen LogP contribution in [0.3, 0.4) is 0 Å². The van der Waals surface area contributed by atoms with Crippen molar-refractivity contribution in [3.63, 3.8) is 0 Å². The molecular formula is C22H26N8O2. The van der Waals surface area contributed by atoms with Gasteiger partial charge in [-0.3, -0.25) is 14.9 Å². The molecule has 1 fully saturated rings. The Balaban J connectivity index is 1.68. The van der Waals surface area contributed by atoms with Crippen molar-refractivity contribution in [3.8, 4) is 17.1 Å². The van der Waals surface area contributed by atoms with E-state index in [1.807, 2.05) is 10.8 Å². The van der Waals surface area contributed by atoms with Crippen molar-refractivity contribution in [1.29, 1.82) is 0 Å². The van der Waals surface area contributed by atoms with Crippen LogP contribution in [0.5, 0.6) is 0 Å². The average molecular weight is 435 g/mol. The maximum Gasteiger partial charge on any atom is 0.411 e. The summed E-state index contributed by atoms with van der Waals surface area (Å²) < 4.78 is 6.74. The number of amides is 1. The molecule has 10 nitrogen and oxygen atoms in total. The first-order chi connectivity index (χ1) is 15.6. The summed E-state index contributed by atoms with van der Waals surface area (Å²) in [5.41, 5.74) is 1.69. The first-order valence-electron chi connectivity index (χ1n) is 10.9. The molecule has 0 radical (unpaired) electrons. The summed E-state index contributed by atoms with van der Waals surface area (Å²) in [6.45, 7) is 4.39. The van der Waals surface area contributed by atoms with Gasteiger partial charge in [0, 0.05) is 17.8 Å². The minimum Gasteiger partial charge on any atom is -0.453 e. The van der Waals surface area contributed by atoms with E-state index in [1.54, 1.807) is 24.8 Å². The Morgan fingerprint density at radius 2 is 2.12 bits per heavy atom. The number of hydrogen-bond donors (Lipinski definition) is 1. The number of nitrogens with zero attached hydrogens (tertiary/aromatic N) is 7. The van der Waals surface area contributed by atoms with Crippen LogP contribution in [-0.4, -0.2) is 49.0 Å². The van der Waals surface area contributed by atoms with Gasteiger partial charge < -0.3 is 9.64 Å². The molecule has 4 heterocycles. The Morgan fingerprint density at radius 1 is 1.31 bits per heavy atom. The lowest BCUT2D eigenvalue weighted by atomic mass is 9.90.